The van der Waals surface area contributed by atoms with Crippen LogP contribution in [0.15, 0.2) is 29.8 Å². The quantitative estimate of drug-likeness (QED) is 0.623. The third kappa shape index (κ3) is 4.62. The number of esters is 1. The second-order valence-electron chi connectivity index (χ2n) is 7.09. The normalized spacial score (nSPS) is 29.0. The first-order chi connectivity index (χ1) is 14.1. The van der Waals surface area contributed by atoms with Crippen LogP contribution >= 0.6 is 11.6 Å². The van der Waals surface area contributed by atoms with Gasteiger partial charge in [-0.1, -0.05) is 11.6 Å². The van der Waals surface area contributed by atoms with E-state index in [1.165, 1.54) is 12.1 Å². The number of halogens is 2. The van der Waals surface area contributed by atoms with Crippen molar-refractivity contribution < 1.29 is 36.9 Å². The van der Waals surface area contributed by atoms with Gasteiger partial charge < -0.3 is 19.3 Å². The zero-order valence-electron chi connectivity index (χ0n) is 16.4. The maximum absolute atomic E-state index is 13.3. The summed E-state index contributed by atoms with van der Waals surface area (Å²) < 4.78 is 58.4. The zero-order valence-corrected chi connectivity index (χ0v) is 18.0. The number of sulfonamides is 1. The number of nitrogens with one attached hydrogen (secondary N) is 1. The van der Waals surface area contributed by atoms with Crippen LogP contribution in [0.1, 0.15) is 26.7 Å². The van der Waals surface area contributed by atoms with E-state index >= 15 is 0 Å². The first kappa shape index (κ1) is 23.0. The molecule has 2 unspecified atom stereocenters. The van der Waals surface area contributed by atoms with Crippen molar-refractivity contribution in [2.75, 3.05) is 17.9 Å². The molecular weight excluding hydrogens is 441 g/mol. The maximum Gasteiger partial charge on any atom is 0.335 e. The molecule has 0 saturated carbocycles. The number of hydrogen-bond acceptors (Lipinski definition) is 7. The molecule has 0 aromatic heterocycles. The second-order valence-corrected chi connectivity index (χ2v) is 9.36. The second kappa shape index (κ2) is 8.80. The van der Waals surface area contributed by atoms with E-state index in [-0.39, 0.29) is 42.3 Å². The molecule has 1 heterocycles. The number of carbonyl (C=O) groups is 1. The fraction of sp³-hybridized carbons (Fsp3) is 0.526. The average Bonchev–Trinajstić information content (AvgIpc) is 2.98. The Kier molecular flexibility index (Phi) is 6.73. The summed E-state index contributed by atoms with van der Waals surface area (Å²) in [5.74, 6) is -2.75. The van der Waals surface area contributed by atoms with Crippen LogP contribution in [0.4, 0.5) is 10.1 Å². The molecule has 30 heavy (non-hydrogen) atoms. The van der Waals surface area contributed by atoms with Crippen LogP contribution in [0, 0.1) is 5.82 Å². The topological polar surface area (TPSA) is 111 Å². The van der Waals surface area contributed by atoms with Crippen LogP contribution in [-0.4, -0.2) is 56.0 Å². The van der Waals surface area contributed by atoms with E-state index in [0.29, 0.717) is 0 Å². The van der Waals surface area contributed by atoms with E-state index in [4.69, 9.17) is 25.8 Å². The molecule has 1 aromatic rings. The van der Waals surface area contributed by atoms with Crippen molar-refractivity contribution in [2.24, 2.45) is 0 Å². The lowest BCUT2D eigenvalue weighted by atomic mass is 9.94. The van der Waals surface area contributed by atoms with Crippen LogP contribution in [0.2, 0.25) is 5.02 Å². The summed E-state index contributed by atoms with van der Waals surface area (Å²) in [6.07, 6.45) is 0.396. The van der Waals surface area contributed by atoms with Gasteiger partial charge in [0.15, 0.2) is 5.79 Å². The van der Waals surface area contributed by atoms with Gasteiger partial charge in [0.1, 0.15) is 17.2 Å². The minimum absolute atomic E-state index is 0.0103. The molecule has 1 aliphatic carbocycles. The predicted octanol–water partition coefficient (Wildman–Crippen LogP) is 2.37. The van der Waals surface area contributed by atoms with Crippen molar-refractivity contribution in [1.29, 1.82) is 0 Å². The Morgan fingerprint density at radius 1 is 1.43 bits per heavy atom. The fourth-order valence-electron chi connectivity index (χ4n) is 3.56. The van der Waals surface area contributed by atoms with Crippen LogP contribution in [0.25, 0.3) is 0 Å². The van der Waals surface area contributed by atoms with E-state index in [9.17, 15) is 22.7 Å². The number of benzene rings is 1. The molecule has 166 valence electrons. The minimum Gasteiger partial charge on any atom is -0.463 e. The molecule has 0 bridgehead atoms. The summed E-state index contributed by atoms with van der Waals surface area (Å²) in [5.41, 5.74) is -0.150. The Hall–Kier alpha value is -1.72. The van der Waals surface area contributed by atoms with Gasteiger partial charge in [0.2, 0.25) is 10.0 Å². The lowest BCUT2D eigenvalue weighted by Gasteiger charge is -2.33. The number of ether oxygens (including phenoxy) is 3. The molecule has 1 spiro atoms. The summed E-state index contributed by atoms with van der Waals surface area (Å²) >= 11 is 5.93. The predicted molar refractivity (Wildman–Crippen MR) is 107 cm³/mol. The number of rotatable bonds is 6. The van der Waals surface area contributed by atoms with Crippen LogP contribution in [0.3, 0.4) is 0 Å². The summed E-state index contributed by atoms with van der Waals surface area (Å²) in [5, 5.41) is 8.06. The first-order valence-electron chi connectivity index (χ1n) is 9.44. The molecule has 4 atom stereocenters. The Labute approximate surface area is 179 Å². The summed E-state index contributed by atoms with van der Waals surface area (Å²) in [6.45, 7) is 3.08. The third-order valence-corrected chi connectivity index (χ3v) is 7.04. The SMILES string of the molecule is CCOC(=O)C1=CC2(CCC1S(=O)(=O)Nc1ccc(F)cc1Cl)O[C@@H](C)[C@H](CO)O2. The van der Waals surface area contributed by atoms with Crippen molar-refractivity contribution in [1.82, 2.24) is 0 Å². The molecule has 3 rings (SSSR count). The van der Waals surface area contributed by atoms with Crippen molar-refractivity contribution >= 4 is 33.3 Å². The number of aliphatic hydroxyl groups is 1. The molecule has 1 saturated heterocycles. The van der Waals surface area contributed by atoms with Crippen LogP contribution in [-0.2, 0) is 29.0 Å². The third-order valence-electron chi connectivity index (χ3n) is 4.99. The Morgan fingerprint density at radius 3 is 2.77 bits per heavy atom. The van der Waals surface area contributed by atoms with E-state index < -0.39 is 45.1 Å². The molecular formula is C19H23ClFNO7S. The molecule has 1 aliphatic heterocycles. The van der Waals surface area contributed by atoms with Crippen molar-refractivity contribution in [3.8, 4) is 0 Å². The highest BCUT2D eigenvalue weighted by Crippen LogP contribution is 2.41. The van der Waals surface area contributed by atoms with Crippen molar-refractivity contribution in [2.45, 2.75) is 49.9 Å². The number of carbonyl (C=O) groups excluding carboxylic acids is 1. The van der Waals surface area contributed by atoms with Gasteiger partial charge >= 0.3 is 5.97 Å². The van der Waals surface area contributed by atoms with Crippen LogP contribution in [0.5, 0.6) is 0 Å². The van der Waals surface area contributed by atoms with E-state index in [2.05, 4.69) is 4.72 Å². The fourth-order valence-corrected chi connectivity index (χ4v) is 5.38. The lowest BCUT2D eigenvalue weighted by Crippen LogP contribution is -2.42. The van der Waals surface area contributed by atoms with Gasteiger partial charge in [-0.15, -0.1) is 0 Å². The van der Waals surface area contributed by atoms with E-state index in [0.717, 1.165) is 12.1 Å². The van der Waals surface area contributed by atoms with Crippen molar-refractivity contribution in [3.05, 3.63) is 40.7 Å². The standard InChI is InChI=1S/C19H23ClFNO7S/c1-3-27-18(24)13-9-19(28-11(2)16(10-23)29-19)7-6-17(13)30(25,26)22-15-5-4-12(21)8-14(15)20/h4-5,8-9,11,16-17,22-23H,3,6-7,10H2,1-2H3/t11-,16-,17?,19?/m0/s1. The van der Waals surface area contributed by atoms with Gasteiger partial charge in [0.05, 0.1) is 35.6 Å². The molecule has 0 radical (unpaired) electrons. The maximum atomic E-state index is 13.3. The molecule has 1 fully saturated rings. The highest BCUT2D eigenvalue weighted by molar-refractivity contribution is 7.93. The first-order valence-corrected chi connectivity index (χ1v) is 11.4. The molecule has 8 nitrogen and oxygen atoms in total. The Morgan fingerprint density at radius 2 is 2.17 bits per heavy atom. The van der Waals surface area contributed by atoms with Gasteiger partial charge in [-0.05, 0) is 44.5 Å². The van der Waals surface area contributed by atoms with Crippen molar-refractivity contribution in [3.63, 3.8) is 0 Å². The average molecular weight is 464 g/mol. The number of anilines is 1. The Balaban J connectivity index is 1.95. The van der Waals surface area contributed by atoms with E-state index in [1.54, 1.807) is 13.8 Å². The largest absolute Gasteiger partial charge is 0.463 e. The molecule has 1 aromatic carbocycles. The van der Waals surface area contributed by atoms with Gasteiger partial charge in [0, 0.05) is 6.42 Å². The Bertz CT molecular complexity index is 954. The summed E-state index contributed by atoms with van der Waals surface area (Å²) in [6, 6.07) is 3.25. The number of hydrogen-bond donors (Lipinski definition) is 2. The molecule has 2 N–H and O–H groups in total. The van der Waals surface area contributed by atoms with Gasteiger partial charge in [0.25, 0.3) is 0 Å². The number of aliphatic hydroxyl groups excluding tert-OH is 1. The van der Waals surface area contributed by atoms with Gasteiger partial charge in [-0.25, -0.2) is 17.6 Å². The monoisotopic (exact) mass is 463 g/mol. The zero-order chi connectivity index (χ0) is 22.1. The lowest BCUT2D eigenvalue weighted by molar-refractivity contribution is -0.152. The summed E-state index contributed by atoms with van der Waals surface area (Å²) in [7, 11) is -4.15. The molecule has 11 heteroatoms. The smallest absolute Gasteiger partial charge is 0.335 e. The molecule has 2 aliphatic rings. The minimum atomic E-state index is -4.15. The summed E-state index contributed by atoms with van der Waals surface area (Å²) in [4.78, 5) is 12.6. The highest BCUT2D eigenvalue weighted by atomic mass is 35.5. The van der Waals surface area contributed by atoms with Gasteiger partial charge in [-0.3, -0.25) is 4.72 Å². The highest BCUT2D eigenvalue weighted by Gasteiger charge is 2.50. The molecule has 0 amide bonds. The van der Waals surface area contributed by atoms with Crippen LogP contribution < -0.4 is 4.72 Å². The van der Waals surface area contributed by atoms with E-state index in [1.807, 2.05) is 0 Å². The van der Waals surface area contributed by atoms with Gasteiger partial charge in [-0.2, -0.15) is 0 Å².